The fourth-order valence-corrected chi connectivity index (χ4v) is 1.37. The van der Waals surface area contributed by atoms with Gasteiger partial charge >= 0.3 is 0 Å². The number of nitrogens with zero attached hydrogens (tertiary/aromatic N) is 1. The van der Waals surface area contributed by atoms with E-state index >= 15 is 0 Å². The molecule has 1 aliphatic rings. The zero-order valence-corrected chi connectivity index (χ0v) is 7.66. The molecule has 1 rings (SSSR count). The van der Waals surface area contributed by atoms with Gasteiger partial charge in [-0.05, 0) is 6.42 Å². The molecule has 1 atom stereocenters. The van der Waals surface area contributed by atoms with E-state index in [2.05, 4.69) is 5.32 Å². The first kappa shape index (κ1) is 9.70. The van der Waals surface area contributed by atoms with Crippen LogP contribution in [0, 0.1) is 0 Å². The first-order chi connectivity index (χ1) is 6.02. The summed E-state index contributed by atoms with van der Waals surface area (Å²) >= 11 is 0. The summed E-state index contributed by atoms with van der Waals surface area (Å²) in [5.74, 6) is -0.815. The zero-order chi connectivity index (χ0) is 10.0. The average Bonchev–Trinajstić information content (AvgIpc) is 2.32. The molecule has 1 saturated heterocycles. The number of amides is 3. The SMILES string of the molecule is CC(=O)NC1CCN(C(C)=O)C1=O. The molecule has 1 unspecified atom stereocenters. The van der Waals surface area contributed by atoms with Crippen molar-refractivity contribution in [3.05, 3.63) is 0 Å². The second-order valence-electron chi connectivity index (χ2n) is 3.05. The van der Waals surface area contributed by atoms with Gasteiger partial charge in [0.05, 0.1) is 0 Å². The Morgan fingerprint density at radius 2 is 2.08 bits per heavy atom. The third-order valence-corrected chi connectivity index (χ3v) is 1.96. The second-order valence-corrected chi connectivity index (χ2v) is 3.05. The lowest BCUT2D eigenvalue weighted by molar-refractivity contribution is -0.142. The van der Waals surface area contributed by atoms with Crippen molar-refractivity contribution in [2.75, 3.05) is 6.54 Å². The quantitative estimate of drug-likeness (QED) is 0.584. The Morgan fingerprint density at radius 3 is 2.46 bits per heavy atom. The van der Waals surface area contributed by atoms with Crippen LogP contribution in [-0.2, 0) is 14.4 Å². The van der Waals surface area contributed by atoms with Gasteiger partial charge in [0.15, 0.2) is 0 Å². The average molecular weight is 184 g/mol. The molecule has 5 heteroatoms. The Bertz CT molecular complexity index is 262. The van der Waals surface area contributed by atoms with Crippen molar-refractivity contribution in [2.45, 2.75) is 26.3 Å². The fourth-order valence-electron chi connectivity index (χ4n) is 1.37. The van der Waals surface area contributed by atoms with E-state index in [-0.39, 0.29) is 17.7 Å². The van der Waals surface area contributed by atoms with Crippen LogP contribution in [0.3, 0.4) is 0 Å². The highest BCUT2D eigenvalue weighted by Crippen LogP contribution is 2.10. The van der Waals surface area contributed by atoms with Crippen molar-refractivity contribution in [3.8, 4) is 0 Å². The number of nitrogens with one attached hydrogen (secondary N) is 1. The van der Waals surface area contributed by atoms with Crippen LogP contribution >= 0.6 is 0 Å². The number of hydrogen-bond donors (Lipinski definition) is 1. The molecule has 1 fully saturated rings. The summed E-state index contributed by atoms with van der Waals surface area (Å²) in [6.07, 6.45) is 0.512. The van der Waals surface area contributed by atoms with Crippen LogP contribution in [0.2, 0.25) is 0 Å². The Labute approximate surface area is 76.1 Å². The monoisotopic (exact) mass is 184 g/mol. The van der Waals surface area contributed by atoms with Gasteiger partial charge in [-0.3, -0.25) is 19.3 Å². The molecule has 0 saturated carbocycles. The minimum atomic E-state index is -0.513. The summed E-state index contributed by atoms with van der Waals surface area (Å²) in [4.78, 5) is 34.1. The molecule has 1 N–H and O–H groups in total. The number of carbonyl (C=O) groups is 3. The van der Waals surface area contributed by atoms with Crippen molar-refractivity contribution in [3.63, 3.8) is 0 Å². The topological polar surface area (TPSA) is 66.5 Å². The van der Waals surface area contributed by atoms with Gasteiger partial charge < -0.3 is 5.32 Å². The Kier molecular flexibility index (Phi) is 2.65. The summed E-state index contributed by atoms with van der Waals surface area (Å²) in [6.45, 7) is 3.09. The van der Waals surface area contributed by atoms with E-state index in [1.807, 2.05) is 0 Å². The Hall–Kier alpha value is -1.39. The minimum absolute atomic E-state index is 0.247. The predicted octanol–water partition coefficient (Wildman–Crippen LogP) is -0.730. The van der Waals surface area contributed by atoms with Crippen LogP contribution in [0.1, 0.15) is 20.3 Å². The Morgan fingerprint density at radius 1 is 1.46 bits per heavy atom. The molecule has 13 heavy (non-hydrogen) atoms. The first-order valence-corrected chi connectivity index (χ1v) is 4.11. The third kappa shape index (κ3) is 2.05. The molecule has 0 aromatic carbocycles. The van der Waals surface area contributed by atoms with Gasteiger partial charge in [-0.25, -0.2) is 0 Å². The molecule has 0 aromatic rings. The second kappa shape index (κ2) is 3.55. The molecule has 1 heterocycles. The van der Waals surface area contributed by atoms with Crippen molar-refractivity contribution in [2.24, 2.45) is 0 Å². The van der Waals surface area contributed by atoms with Crippen molar-refractivity contribution in [1.29, 1.82) is 0 Å². The summed E-state index contributed by atoms with van der Waals surface area (Å²) in [5, 5.41) is 2.49. The molecule has 0 aliphatic carbocycles. The summed E-state index contributed by atoms with van der Waals surface area (Å²) in [6, 6.07) is -0.513. The van der Waals surface area contributed by atoms with E-state index in [0.717, 1.165) is 4.90 Å². The molecular weight excluding hydrogens is 172 g/mol. The standard InChI is InChI=1S/C8H12N2O3/c1-5(11)9-7-3-4-10(6(2)12)8(7)13/h7H,3-4H2,1-2H3,(H,9,11). The van der Waals surface area contributed by atoms with Crippen molar-refractivity contribution < 1.29 is 14.4 Å². The molecule has 3 amide bonds. The molecule has 0 bridgehead atoms. The Balaban J connectivity index is 2.60. The molecule has 0 radical (unpaired) electrons. The molecule has 72 valence electrons. The van der Waals surface area contributed by atoms with E-state index in [9.17, 15) is 14.4 Å². The number of likely N-dealkylation sites (tertiary alicyclic amines) is 1. The maximum Gasteiger partial charge on any atom is 0.251 e. The fraction of sp³-hybridized carbons (Fsp3) is 0.625. The molecule has 5 nitrogen and oxygen atoms in total. The summed E-state index contributed by atoms with van der Waals surface area (Å²) in [5.41, 5.74) is 0. The van der Waals surface area contributed by atoms with Crippen LogP contribution < -0.4 is 5.32 Å². The number of hydrogen-bond acceptors (Lipinski definition) is 3. The van der Waals surface area contributed by atoms with E-state index in [4.69, 9.17) is 0 Å². The maximum absolute atomic E-state index is 11.4. The van der Waals surface area contributed by atoms with Gasteiger partial charge in [0.2, 0.25) is 11.8 Å². The van der Waals surface area contributed by atoms with Crippen LogP contribution in [0.15, 0.2) is 0 Å². The number of imide groups is 1. The lowest BCUT2D eigenvalue weighted by atomic mass is 10.2. The van der Waals surface area contributed by atoms with Gasteiger partial charge in [0.25, 0.3) is 5.91 Å². The van der Waals surface area contributed by atoms with Crippen LogP contribution in [0.4, 0.5) is 0 Å². The third-order valence-electron chi connectivity index (χ3n) is 1.96. The van der Waals surface area contributed by atoms with Crippen LogP contribution in [-0.4, -0.2) is 35.2 Å². The van der Waals surface area contributed by atoms with Crippen LogP contribution in [0.5, 0.6) is 0 Å². The van der Waals surface area contributed by atoms with E-state index in [0.29, 0.717) is 13.0 Å². The highest BCUT2D eigenvalue weighted by Gasteiger charge is 2.34. The highest BCUT2D eigenvalue weighted by molar-refractivity contribution is 5.99. The lowest BCUT2D eigenvalue weighted by Gasteiger charge is -2.12. The minimum Gasteiger partial charge on any atom is -0.344 e. The van der Waals surface area contributed by atoms with E-state index < -0.39 is 6.04 Å². The summed E-state index contributed by atoms with van der Waals surface area (Å²) < 4.78 is 0. The van der Waals surface area contributed by atoms with Gasteiger partial charge in [-0.1, -0.05) is 0 Å². The van der Waals surface area contributed by atoms with E-state index in [1.165, 1.54) is 13.8 Å². The van der Waals surface area contributed by atoms with Crippen molar-refractivity contribution >= 4 is 17.7 Å². The normalized spacial score (nSPS) is 21.8. The first-order valence-electron chi connectivity index (χ1n) is 4.11. The molecule has 0 spiro atoms. The highest BCUT2D eigenvalue weighted by atomic mass is 16.2. The van der Waals surface area contributed by atoms with Gasteiger partial charge in [-0.2, -0.15) is 0 Å². The van der Waals surface area contributed by atoms with Gasteiger partial charge in [0, 0.05) is 20.4 Å². The smallest absolute Gasteiger partial charge is 0.251 e. The van der Waals surface area contributed by atoms with Gasteiger partial charge in [0.1, 0.15) is 6.04 Å². The van der Waals surface area contributed by atoms with Gasteiger partial charge in [-0.15, -0.1) is 0 Å². The lowest BCUT2D eigenvalue weighted by Crippen LogP contribution is -2.41. The van der Waals surface area contributed by atoms with E-state index in [1.54, 1.807) is 0 Å². The maximum atomic E-state index is 11.4. The zero-order valence-electron chi connectivity index (χ0n) is 7.66. The molecule has 0 aromatic heterocycles. The van der Waals surface area contributed by atoms with Crippen molar-refractivity contribution in [1.82, 2.24) is 10.2 Å². The molecular formula is C8H12N2O3. The number of rotatable bonds is 1. The number of carbonyl (C=O) groups excluding carboxylic acids is 3. The summed E-state index contributed by atoms with van der Waals surface area (Å²) in [7, 11) is 0. The van der Waals surface area contributed by atoms with Crippen LogP contribution in [0.25, 0.3) is 0 Å². The predicted molar refractivity (Wildman–Crippen MR) is 44.6 cm³/mol. The largest absolute Gasteiger partial charge is 0.344 e. The molecule has 1 aliphatic heterocycles.